The molecular weight excluding hydrogens is 314 g/mol. The molecule has 2 nitrogen and oxygen atoms in total. The number of aryl methyl sites for hydroxylation is 1. The lowest BCUT2D eigenvalue weighted by Crippen LogP contribution is -2.46. The van der Waals surface area contributed by atoms with Crippen molar-refractivity contribution >= 4 is 15.9 Å². The average molecular weight is 340 g/mol. The number of rotatable bonds is 5. The molecule has 112 valence electrons. The Hall–Kier alpha value is -0.380. The van der Waals surface area contributed by atoms with Gasteiger partial charge in [0.2, 0.25) is 0 Å². The summed E-state index contributed by atoms with van der Waals surface area (Å²) in [4.78, 5) is 0. The highest BCUT2D eigenvalue weighted by Gasteiger charge is 2.34. The van der Waals surface area contributed by atoms with Crippen molar-refractivity contribution in [3.63, 3.8) is 0 Å². The van der Waals surface area contributed by atoms with Crippen LogP contribution in [0.15, 0.2) is 22.7 Å². The van der Waals surface area contributed by atoms with Crippen LogP contribution >= 0.6 is 15.9 Å². The Kier molecular flexibility index (Phi) is 5.65. The first-order valence-corrected chi connectivity index (χ1v) is 8.50. The summed E-state index contributed by atoms with van der Waals surface area (Å²) in [5, 5.41) is 3.71. The van der Waals surface area contributed by atoms with Crippen molar-refractivity contribution < 1.29 is 4.74 Å². The van der Waals surface area contributed by atoms with E-state index in [9.17, 15) is 0 Å². The molecule has 1 aromatic rings. The Bertz CT molecular complexity index is 443. The van der Waals surface area contributed by atoms with Crippen LogP contribution in [0.25, 0.3) is 0 Å². The van der Waals surface area contributed by atoms with E-state index < -0.39 is 0 Å². The lowest BCUT2D eigenvalue weighted by molar-refractivity contribution is -0.0932. The lowest BCUT2D eigenvalue weighted by atomic mass is 9.86. The monoisotopic (exact) mass is 339 g/mol. The van der Waals surface area contributed by atoms with Crippen LogP contribution < -0.4 is 5.32 Å². The van der Waals surface area contributed by atoms with E-state index in [1.54, 1.807) is 0 Å². The maximum Gasteiger partial charge on any atom is 0.0692 e. The highest BCUT2D eigenvalue weighted by Crippen LogP contribution is 2.31. The van der Waals surface area contributed by atoms with Gasteiger partial charge in [-0.1, -0.05) is 41.9 Å². The van der Waals surface area contributed by atoms with Gasteiger partial charge in [-0.05, 0) is 49.8 Å². The molecule has 1 aliphatic heterocycles. The first kappa shape index (κ1) is 16.0. The fraction of sp³-hybridized carbons (Fsp3) is 0.647. The van der Waals surface area contributed by atoms with Crippen molar-refractivity contribution in [2.75, 3.05) is 6.61 Å². The van der Waals surface area contributed by atoms with E-state index >= 15 is 0 Å². The van der Waals surface area contributed by atoms with Crippen LogP contribution in [0.4, 0.5) is 0 Å². The van der Waals surface area contributed by atoms with Gasteiger partial charge in [0.1, 0.15) is 0 Å². The average Bonchev–Trinajstić information content (AvgIpc) is 2.48. The van der Waals surface area contributed by atoms with Gasteiger partial charge in [-0.3, -0.25) is 0 Å². The molecule has 20 heavy (non-hydrogen) atoms. The summed E-state index contributed by atoms with van der Waals surface area (Å²) in [5.41, 5.74) is 2.73. The highest BCUT2D eigenvalue weighted by atomic mass is 79.9. The molecule has 1 fully saturated rings. The van der Waals surface area contributed by atoms with Crippen molar-refractivity contribution in [1.82, 2.24) is 5.32 Å². The normalized spacial score (nSPS) is 21.9. The smallest absolute Gasteiger partial charge is 0.0692 e. The van der Waals surface area contributed by atoms with Gasteiger partial charge in [0.05, 0.1) is 5.60 Å². The zero-order valence-electron chi connectivity index (χ0n) is 12.8. The van der Waals surface area contributed by atoms with E-state index in [1.165, 1.54) is 15.6 Å². The largest absolute Gasteiger partial charge is 0.375 e. The first-order chi connectivity index (χ1) is 9.58. The Labute approximate surface area is 131 Å². The van der Waals surface area contributed by atoms with E-state index in [1.807, 2.05) is 0 Å². The standard InChI is InChI=1S/C17H26BrNO/c1-4-17(5-2)11-15(8-9-20-17)19-12-14-7-6-13(3)16(18)10-14/h6-7,10,15,19H,4-5,8-9,11-12H2,1-3H3. The fourth-order valence-electron chi connectivity index (χ4n) is 2.95. The van der Waals surface area contributed by atoms with Gasteiger partial charge in [0, 0.05) is 23.7 Å². The van der Waals surface area contributed by atoms with Crippen molar-refractivity contribution in [1.29, 1.82) is 0 Å². The van der Waals surface area contributed by atoms with Crippen LogP contribution in [0, 0.1) is 6.92 Å². The topological polar surface area (TPSA) is 21.3 Å². The molecule has 0 radical (unpaired) electrons. The predicted molar refractivity (Wildman–Crippen MR) is 88.0 cm³/mol. The molecule has 1 aromatic carbocycles. The molecule has 1 N–H and O–H groups in total. The molecule has 0 saturated carbocycles. The minimum absolute atomic E-state index is 0.101. The molecule has 2 rings (SSSR count). The van der Waals surface area contributed by atoms with Crippen molar-refractivity contribution in [3.05, 3.63) is 33.8 Å². The summed E-state index contributed by atoms with van der Waals surface area (Å²) in [6, 6.07) is 7.17. The Morgan fingerprint density at radius 2 is 2.10 bits per heavy atom. The van der Waals surface area contributed by atoms with Gasteiger partial charge in [-0.2, -0.15) is 0 Å². The maximum atomic E-state index is 6.03. The van der Waals surface area contributed by atoms with Crippen LogP contribution in [-0.4, -0.2) is 18.2 Å². The Morgan fingerprint density at radius 3 is 2.75 bits per heavy atom. The summed E-state index contributed by atoms with van der Waals surface area (Å²) in [5.74, 6) is 0. The molecule has 1 heterocycles. The third-order valence-electron chi connectivity index (χ3n) is 4.61. The molecule has 0 aliphatic carbocycles. The summed E-state index contributed by atoms with van der Waals surface area (Å²) in [7, 11) is 0. The highest BCUT2D eigenvalue weighted by molar-refractivity contribution is 9.10. The third kappa shape index (κ3) is 3.84. The number of nitrogens with one attached hydrogen (secondary N) is 1. The van der Waals surface area contributed by atoms with Gasteiger partial charge in [-0.15, -0.1) is 0 Å². The predicted octanol–water partition coefficient (Wildman–Crippen LogP) is 4.58. The van der Waals surface area contributed by atoms with Gasteiger partial charge in [0.15, 0.2) is 0 Å². The van der Waals surface area contributed by atoms with Crippen molar-refractivity contribution in [3.8, 4) is 0 Å². The SMILES string of the molecule is CCC1(CC)CC(NCc2ccc(C)c(Br)c2)CCO1. The minimum atomic E-state index is 0.101. The minimum Gasteiger partial charge on any atom is -0.375 e. The van der Waals surface area contributed by atoms with Gasteiger partial charge in [-0.25, -0.2) is 0 Å². The number of benzene rings is 1. The molecule has 1 saturated heterocycles. The quantitative estimate of drug-likeness (QED) is 0.847. The third-order valence-corrected chi connectivity index (χ3v) is 5.47. The van der Waals surface area contributed by atoms with Crippen LogP contribution in [-0.2, 0) is 11.3 Å². The van der Waals surface area contributed by atoms with E-state index in [0.717, 1.165) is 38.8 Å². The molecule has 0 aromatic heterocycles. The van der Waals surface area contributed by atoms with Crippen LogP contribution in [0.1, 0.15) is 50.7 Å². The second kappa shape index (κ2) is 7.06. The van der Waals surface area contributed by atoms with Crippen LogP contribution in [0.2, 0.25) is 0 Å². The molecule has 0 bridgehead atoms. The molecule has 1 unspecified atom stereocenters. The molecular formula is C17H26BrNO. The second-order valence-electron chi connectivity index (χ2n) is 5.89. The van der Waals surface area contributed by atoms with E-state index in [-0.39, 0.29) is 5.60 Å². The maximum absolute atomic E-state index is 6.03. The van der Waals surface area contributed by atoms with E-state index in [4.69, 9.17) is 4.74 Å². The molecule has 1 atom stereocenters. The first-order valence-electron chi connectivity index (χ1n) is 7.71. The summed E-state index contributed by atoms with van der Waals surface area (Å²) >= 11 is 3.60. The van der Waals surface area contributed by atoms with Gasteiger partial charge < -0.3 is 10.1 Å². The van der Waals surface area contributed by atoms with E-state index in [0.29, 0.717) is 6.04 Å². The number of hydrogen-bond donors (Lipinski definition) is 1. The summed E-state index contributed by atoms with van der Waals surface area (Å²) in [6.45, 7) is 8.42. The Balaban J connectivity index is 1.91. The molecule has 3 heteroatoms. The Morgan fingerprint density at radius 1 is 1.35 bits per heavy atom. The molecule has 0 spiro atoms. The second-order valence-corrected chi connectivity index (χ2v) is 6.75. The summed E-state index contributed by atoms with van der Waals surface area (Å²) < 4.78 is 7.23. The fourth-order valence-corrected chi connectivity index (χ4v) is 3.38. The number of hydrogen-bond acceptors (Lipinski definition) is 2. The van der Waals surface area contributed by atoms with E-state index in [2.05, 4.69) is 60.2 Å². The van der Waals surface area contributed by atoms with Crippen LogP contribution in [0.5, 0.6) is 0 Å². The van der Waals surface area contributed by atoms with Crippen LogP contribution in [0.3, 0.4) is 0 Å². The lowest BCUT2D eigenvalue weighted by Gasteiger charge is -2.40. The zero-order chi connectivity index (χ0) is 14.6. The van der Waals surface area contributed by atoms with Crippen molar-refractivity contribution in [2.24, 2.45) is 0 Å². The zero-order valence-corrected chi connectivity index (χ0v) is 14.4. The van der Waals surface area contributed by atoms with Gasteiger partial charge >= 0.3 is 0 Å². The summed E-state index contributed by atoms with van der Waals surface area (Å²) in [6.07, 6.45) is 4.47. The molecule has 1 aliphatic rings. The van der Waals surface area contributed by atoms with Gasteiger partial charge in [0.25, 0.3) is 0 Å². The number of ether oxygens (including phenoxy) is 1. The van der Waals surface area contributed by atoms with Crippen molar-refractivity contribution in [2.45, 2.75) is 64.6 Å². The molecule has 0 amide bonds. The number of halogens is 1.